The molecule has 2 aromatic rings. The van der Waals surface area contributed by atoms with E-state index in [1.165, 1.54) is 6.07 Å². The van der Waals surface area contributed by atoms with E-state index in [0.29, 0.717) is 23.1 Å². The van der Waals surface area contributed by atoms with Crippen LogP contribution in [0.15, 0.2) is 46.9 Å². The maximum Gasteiger partial charge on any atom is 0.387 e. The lowest BCUT2D eigenvalue weighted by Gasteiger charge is -2.11. The molecule has 0 heterocycles. The molecule has 0 saturated carbocycles. The minimum absolute atomic E-state index is 0.173. The monoisotopic (exact) mass is 357 g/mol. The second-order valence-corrected chi connectivity index (χ2v) is 5.23. The maximum absolute atomic E-state index is 12.3. The summed E-state index contributed by atoms with van der Waals surface area (Å²) in [5, 5.41) is 12.6. The third-order valence-corrected chi connectivity index (χ3v) is 3.48. The fraction of sp³-hybridized carbons (Fsp3) is 0.200. The van der Waals surface area contributed by atoms with Crippen molar-refractivity contribution in [1.82, 2.24) is 5.32 Å². The van der Waals surface area contributed by atoms with Crippen molar-refractivity contribution in [2.24, 2.45) is 0 Å². The number of alkyl halides is 2. The number of nitrogens with one attached hydrogen (secondary N) is 1. The lowest BCUT2D eigenvalue weighted by molar-refractivity contribution is -0.0505. The predicted molar refractivity (Wildman–Crippen MR) is 79.4 cm³/mol. The molecule has 2 rings (SSSR count). The van der Waals surface area contributed by atoms with Gasteiger partial charge in [0.05, 0.1) is 4.47 Å². The molecule has 21 heavy (non-hydrogen) atoms. The van der Waals surface area contributed by atoms with Gasteiger partial charge in [-0.25, -0.2) is 0 Å². The fourth-order valence-electron chi connectivity index (χ4n) is 1.86. The Hall–Kier alpha value is -1.66. The molecular weight excluding hydrogens is 344 g/mol. The first kappa shape index (κ1) is 15.7. The van der Waals surface area contributed by atoms with Crippen LogP contribution in [-0.4, -0.2) is 11.7 Å². The normalized spacial score (nSPS) is 10.9. The zero-order valence-corrected chi connectivity index (χ0v) is 12.6. The SMILES string of the molecule is Oc1ccc(CNCc2ccccc2OC(F)F)cc1Br. The number of halogens is 3. The van der Waals surface area contributed by atoms with Crippen LogP contribution in [0.2, 0.25) is 0 Å². The molecule has 0 fully saturated rings. The molecule has 0 aromatic heterocycles. The van der Waals surface area contributed by atoms with Gasteiger partial charge in [-0.3, -0.25) is 0 Å². The highest BCUT2D eigenvalue weighted by molar-refractivity contribution is 9.10. The summed E-state index contributed by atoms with van der Waals surface area (Å²) in [6, 6.07) is 11.8. The summed E-state index contributed by atoms with van der Waals surface area (Å²) in [5.41, 5.74) is 1.63. The molecule has 112 valence electrons. The smallest absolute Gasteiger partial charge is 0.387 e. The number of aromatic hydroxyl groups is 1. The van der Waals surface area contributed by atoms with Crippen LogP contribution < -0.4 is 10.1 Å². The van der Waals surface area contributed by atoms with Gasteiger partial charge in [0.25, 0.3) is 0 Å². The Balaban J connectivity index is 1.95. The van der Waals surface area contributed by atoms with E-state index in [9.17, 15) is 13.9 Å². The van der Waals surface area contributed by atoms with Crippen molar-refractivity contribution in [3.8, 4) is 11.5 Å². The Labute approximate surface area is 129 Å². The summed E-state index contributed by atoms with van der Waals surface area (Å²) in [4.78, 5) is 0. The third-order valence-electron chi connectivity index (χ3n) is 2.85. The molecule has 0 unspecified atom stereocenters. The first-order valence-electron chi connectivity index (χ1n) is 6.27. The van der Waals surface area contributed by atoms with Crippen molar-refractivity contribution in [3.63, 3.8) is 0 Å². The molecule has 0 saturated heterocycles. The summed E-state index contributed by atoms with van der Waals surface area (Å²) >= 11 is 3.24. The highest BCUT2D eigenvalue weighted by atomic mass is 79.9. The highest BCUT2D eigenvalue weighted by Crippen LogP contribution is 2.24. The average Bonchev–Trinajstić information content (AvgIpc) is 2.44. The van der Waals surface area contributed by atoms with Crippen LogP contribution in [0.3, 0.4) is 0 Å². The number of hydrogen-bond donors (Lipinski definition) is 2. The Morgan fingerprint density at radius 3 is 2.62 bits per heavy atom. The third kappa shape index (κ3) is 4.68. The van der Waals surface area contributed by atoms with Gasteiger partial charge in [0, 0.05) is 18.7 Å². The molecule has 0 radical (unpaired) electrons. The van der Waals surface area contributed by atoms with Gasteiger partial charge >= 0.3 is 6.61 Å². The molecule has 2 aromatic carbocycles. The molecule has 0 atom stereocenters. The fourth-order valence-corrected chi connectivity index (χ4v) is 2.29. The summed E-state index contributed by atoms with van der Waals surface area (Å²) in [5.74, 6) is 0.348. The number of phenols is 1. The largest absolute Gasteiger partial charge is 0.507 e. The van der Waals surface area contributed by atoms with E-state index < -0.39 is 6.61 Å². The molecule has 0 spiro atoms. The zero-order valence-electron chi connectivity index (χ0n) is 11.0. The Morgan fingerprint density at radius 2 is 1.90 bits per heavy atom. The first-order valence-corrected chi connectivity index (χ1v) is 7.06. The van der Waals surface area contributed by atoms with Crippen molar-refractivity contribution in [1.29, 1.82) is 0 Å². The Kier molecular flexibility index (Phi) is 5.52. The maximum atomic E-state index is 12.3. The number of benzene rings is 2. The Morgan fingerprint density at radius 1 is 1.14 bits per heavy atom. The van der Waals surface area contributed by atoms with Crippen LogP contribution in [0.4, 0.5) is 8.78 Å². The van der Waals surface area contributed by atoms with E-state index in [4.69, 9.17) is 0 Å². The predicted octanol–water partition coefficient (Wildman–Crippen LogP) is 4.05. The van der Waals surface area contributed by atoms with E-state index in [2.05, 4.69) is 26.0 Å². The van der Waals surface area contributed by atoms with E-state index in [0.717, 1.165) is 5.56 Å². The molecule has 3 nitrogen and oxygen atoms in total. The summed E-state index contributed by atoms with van der Waals surface area (Å²) in [6.45, 7) is -1.89. The number of para-hydroxylation sites is 1. The lowest BCUT2D eigenvalue weighted by atomic mass is 10.2. The minimum Gasteiger partial charge on any atom is -0.507 e. The molecule has 0 aliphatic rings. The van der Waals surface area contributed by atoms with E-state index in [1.807, 2.05) is 0 Å². The number of phenolic OH excluding ortho intramolecular Hbond substituents is 1. The molecule has 0 aliphatic carbocycles. The summed E-state index contributed by atoms with van der Waals surface area (Å²) < 4.78 is 29.7. The van der Waals surface area contributed by atoms with Gasteiger partial charge in [0.1, 0.15) is 11.5 Å². The molecule has 6 heteroatoms. The van der Waals surface area contributed by atoms with Gasteiger partial charge in [-0.1, -0.05) is 24.3 Å². The van der Waals surface area contributed by atoms with Crippen molar-refractivity contribution in [2.45, 2.75) is 19.7 Å². The number of hydrogen-bond acceptors (Lipinski definition) is 3. The van der Waals surface area contributed by atoms with Gasteiger partial charge in [0.15, 0.2) is 0 Å². The first-order chi connectivity index (χ1) is 10.1. The van der Waals surface area contributed by atoms with Gasteiger partial charge in [-0.05, 0) is 39.7 Å². The second kappa shape index (κ2) is 7.38. The number of ether oxygens (including phenoxy) is 1. The zero-order chi connectivity index (χ0) is 15.2. The van der Waals surface area contributed by atoms with Crippen molar-refractivity contribution < 1.29 is 18.6 Å². The molecule has 0 aliphatic heterocycles. The van der Waals surface area contributed by atoms with Gasteiger partial charge in [-0.2, -0.15) is 8.78 Å². The molecular formula is C15H14BrF2NO2. The quantitative estimate of drug-likeness (QED) is 0.819. The standard InChI is InChI=1S/C15H14BrF2NO2/c16-12-7-10(5-6-13(12)20)8-19-9-11-3-1-2-4-14(11)21-15(17)18/h1-7,15,19-20H,8-9H2. The van der Waals surface area contributed by atoms with Gasteiger partial charge in [0.2, 0.25) is 0 Å². The van der Waals surface area contributed by atoms with Gasteiger partial charge in [-0.15, -0.1) is 0 Å². The topological polar surface area (TPSA) is 41.5 Å². The molecule has 2 N–H and O–H groups in total. The second-order valence-electron chi connectivity index (χ2n) is 4.38. The van der Waals surface area contributed by atoms with Crippen LogP contribution >= 0.6 is 15.9 Å². The summed E-state index contributed by atoms with van der Waals surface area (Å²) in [7, 11) is 0. The lowest BCUT2D eigenvalue weighted by Crippen LogP contribution is -2.14. The van der Waals surface area contributed by atoms with Crippen LogP contribution in [-0.2, 0) is 13.1 Å². The molecule has 0 bridgehead atoms. The van der Waals surface area contributed by atoms with E-state index >= 15 is 0 Å². The van der Waals surface area contributed by atoms with Crippen molar-refractivity contribution in [3.05, 3.63) is 58.1 Å². The minimum atomic E-state index is -2.83. The van der Waals surface area contributed by atoms with Crippen molar-refractivity contribution >= 4 is 15.9 Å². The van der Waals surface area contributed by atoms with Crippen LogP contribution in [0.25, 0.3) is 0 Å². The summed E-state index contributed by atoms with van der Waals surface area (Å²) in [6.07, 6.45) is 0. The van der Waals surface area contributed by atoms with Gasteiger partial charge < -0.3 is 15.2 Å². The van der Waals surface area contributed by atoms with Crippen molar-refractivity contribution in [2.75, 3.05) is 0 Å². The number of rotatable bonds is 6. The van der Waals surface area contributed by atoms with Crippen LogP contribution in [0.5, 0.6) is 11.5 Å². The van der Waals surface area contributed by atoms with E-state index in [1.54, 1.807) is 36.4 Å². The van der Waals surface area contributed by atoms with E-state index in [-0.39, 0.29) is 11.5 Å². The highest BCUT2D eigenvalue weighted by Gasteiger charge is 2.08. The van der Waals surface area contributed by atoms with Crippen LogP contribution in [0.1, 0.15) is 11.1 Å². The average molecular weight is 358 g/mol. The van der Waals surface area contributed by atoms with Crippen LogP contribution in [0, 0.1) is 0 Å². The molecule has 0 amide bonds. The Bertz CT molecular complexity index is 608.